The Hall–Kier alpha value is -0.163. The third kappa shape index (κ3) is 11.4. The second kappa shape index (κ2) is 15.7. The molecule has 0 atom stereocenters. The van der Waals surface area contributed by atoms with E-state index in [1.165, 1.54) is 32.1 Å². The first-order chi connectivity index (χ1) is 10.7. The lowest BCUT2D eigenvalue weighted by Crippen LogP contribution is -2.45. The van der Waals surface area contributed by atoms with Crippen LogP contribution in [-0.4, -0.2) is 28.6 Å². The van der Waals surface area contributed by atoms with Crippen molar-refractivity contribution < 1.29 is 13.3 Å². The van der Waals surface area contributed by atoms with Gasteiger partial charge < -0.3 is 13.3 Å². The van der Waals surface area contributed by atoms with Crippen molar-refractivity contribution in [1.29, 1.82) is 0 Å². The second-order valence-electron chi connectivity index (χ2n) is 5.75. The Morgan fingerprint density at radius 3 is 1.59 bits per heavy atom. The quantitative estimate of drug-likeness (QED) is 0.270. The number of allylic oxidation sites excluding steroid dienone is 1. The number of hydrogen-bond acceptors (Lipinski definition) is 3. The summed E-state index contributed by atoms with van der Waals surface area (Å²) in [5, 5.41) is 0. The number of unbranched alkanes of at least 4 members (excludes halogenated alkanes) is 5. The summed E-state index contributed by atoms with van der Waals surface area (Å²) in [6, 6.07) is 0. The maximum absolute atomic E-state index is 6.04. The highest BCUT2D eigenvalue weighted by Crippen LogP contribution is 2.15. The molecule has 0 rings (SSSR count). The maximum atomic E-state index is 6.04. The van der Waals surface area contributed by atoms with Gasteiger partial charge in [-0.15, -0.1) is 0 Å². The Labute approximate surface area is 139 Å². The molecule has 0 aliphatic heterocycles. The maximum Gasteiger partial charge on any atom is 0.529 e. The molecule has 22 heavy (non-hydrogen) atoms. The number of rotatable bonds is 16. The van der Waals surface area contributed by atoms with Crippen LogP contribution in [0.2, 0.25) is 0 Å². The summed E-state index contributed by atoms with van der Waals surface area (Å²) in [5.74, 6) is 0. The molecule has 0 spiro atoms. The van der Waals surface area contributed by atoms with Gasteiger partial charge in [0.15, 0.2) is 0 Å². The van der Waals surface area contributed by atoms with Gasteiger partial charge in [-0.3, -0.25) is 0 Å². The van der Waals surface area contributed by atoms with Crippen LogP contribution < -0.4 is 0 Å². The van der Waals surface area contributed by atoms with E-state index in [4.69, 9.17) is 13.3 Å². The van der Waals surface area contributed by atoms with Crippen LogP contribution in [0.5, 0.6) is 0 Å². The van der Waals surface area contributed by atoms with Crippen molar-refractivity contribution in [2.24, 2.45) is 0 Å². The fourth-order valence-electron chi connectivity index (χ4n) is 2.10. The predicted octanol–water partition coefficient (Wildman–Crippen LogP) is 5.66. The van der Waals surface area contributed by atoms with Gasteiger partial charge in [-0.2, -0.15) is 0 Å². The zero-order chi connectivity index (χ0) is 16.5. The van der Waals surface area contributed by atoms with Crippen LogP contribution in [0.15, 0.2) is 11.8 Å². The summed E-state index contributed by atoms with van der Waals surface area (Å²) in [7, 11) is -2.61. The normalized spacial score (nSPS) is 12.4. The molecule has 0 bridgehead atoms. The van der Waals surface area contributed by atoms with E-state index in [1.54, 1.807) is 0 Å². The minimum Gasteiger partial charge on any atom is -0.370 e. The molecule has 0 aromatic heterocycles. The highest BCUT2D eigenvalue weighted by molar-refractivity contribution is 6.66. The molecule has 0 aliphatic carbocycles. The SMILES string of the molecule is CCCCCCCC=C[Si](OCCC)(OCCC)OCCC. The van der Waals surface area contributed by atoms with Crippen molar-refractivity contribution in [2.75, 3.05) is 19.8 Å². The first kappa shape index (κ1) is 21.8. The molecule has 0 radical (unpaired) electrons. The second-order valence-corrected chi connectivity index (χ2v) is 8.16. The molecule has 4 heteroatoms. The fraction of sp³-hybridized carbons (Fsp3) is 0.889. The molecule has 0 amide bonds. The predicted molar refractivity (Wildman–Crippen MR) is 97.0 cm³/mol. The molecule has 0 aliphatic rings. The molecule has 0 heterocycles. The molecule has 0 N–H and O–H groups in total. The molecule has 0 aromatic rings. The summed E-state index contributed by atoms with van der Waals surface area (Å²) in [4.78, 5) is 0. The van der Waals surface area contributed by atoms with E-state index in [1.807, 2.05) is 0 Å². The first-order valence-corrected chi connectivity index (χ1v) is 11.1. The molecule has 0 saturated carbocycles. The van der Waals surface area contributed by atoms with Crippen molar-refractivity contribution in [3.8, 4) is 0 Å². The van der Waals surface area contributed by atoms with Crippen LogP contribution in [0, 0.1) is 0 Å². The van der Waals surface area contributed by atoms with Crippen molar-refractivity contribution in [2.45, 2.75) is 85.5 Å². The van der Waals surface area contributed by atoms with Crippen molar-refractivity contribution in [3.05, 3.63) is 11.8 Å². The monoisotopic (exact) mass is 330 g/mol. The van der Waals surface area contributed by atoms with E-state index in [0.717, 1.165) is 25.7 Å². The Bertz CT molecular complexity index is 235. The third-order valence-electron chi connectivity index (χ3n) is 3.32. The average molecular weight is 331 g/mol. The number of hydrogen-bond donors (Lipinski definition) is 0. The van der Waals surface area contributed by atoms with Crippen LogP contribution in [-0.2, 0) is 13.3 Å². The zero-order valence-electron chi connectivity index (χ0n) is 15.4. The van der Waals surface area contributed by atoms with Gasteiger partial charge in [-0.1, -0.05) is 59.5 Å². The van der Waals surface area contributed by atoms with Crippen LogP contribution in [0.3, 0.4) is 0 Å². The van der Waals surface area contributed by atoms with Gasteiger partial charge in [-0.25, -0.2) is 0 Å². The lowest BCUT2D eigenvalue weighted by molar-refractivity contribution is 0.0715. The van der Waals surface area contributed by atoms with Gasteiger partial charge in [-0.05, 0) is 37.8 Å². The Morgan fingerprint density at radius 2 is 1.14 bits per heavy atom. The van der Waals surface area contributed by atoms with Gasteiger partial charge >= 0.3 is 8.80 Å². The van der Waals surface area contributed by atoms with E-state index in [0.29, 0.717) is 19.8 Å². The van der Waals surface area contributed by atoms with E-state index in [-0.39, 0.29) is 0 Å². The summed E-state index contributed by atoms with van der Waals surface area (Å²) < 4.78 is 18.1. The lowest BCUT2D eigenvalue weighted by atomic mass is 10.1. The Kier molecular flexibility index (Phi) is 15.6. The van der Waals surface area contributed by atoms with E-state index in [2.05, 4.69) is 39.5 Å². The smallest absolute Gasteiger partial charge is 0.370 e. The van der Waals surface area contributed by atoms with Crippen LogP contribution in [0.4, 0.5) is 0 Å². The van der Waals surface area contributed by atoms with Gasteiger partial charge in [0.25, 0.3) is 0 Å². The summed E-state index contributed by atoms with van der Waals surface area (Å²) in [5.41, 5.74) is 2.12. The highest BCUT2D eigenvalue weighted by Gasteiger charge is 2.37. The van der Waals surface area contributed by atoms with E-state index in [9.17, 15) is 0 Å². The molecule has 3 nitrogen and oxygen atoms in total. The van der Waals surface area contributed by atoms with Crippen molar-refractivity contribution in [1.82, 2.24) is 0 Å². The first-order valence-electron chi connectivity index (χ1n) is 9.34. The Balaban J connectivity index is 4.43. The van der Waals surface area contributed by atoms with Gasteiger partial charge in [0, 0.05) is 19.8 Å². The molecular formula is C18H38O3Si. The topological polar surface area (TPSA) is 27.7 Å². The van der Waals surface area contributed by atoms with E-state index >= 15 is 0 Å². The molecular weight excluding hydrogens is 292 g/mol. The van der Waals surface area contributed by atoms with Gasteiger partial charge in [0.05, 0.1) is 0 Å². The van der Waals surface area contributed by atoms with Crippen molar-refractivity contribution in [3.63, 3.8) is 0 Å². The van der Waals surface area contributed by atoms with Crippen LogP contribution >= 0.6 is 0 Å². The lowest BCUT2D eigenvalue weighted by Gasteiger charge is -2.26. The zero-order valence-corrected chi connectivity index (χ0v) is 16.4. The Morgan fingerprint density at radius 1 is 0.636 bits per heavy atom. The summed E-state index contributed by atoms with van der Waals surface area (Å²) in [6.07, 6.45) is 12.8. The van der Waals surface area contributed by atoms with E-state index < -0.39 is 8.80 Å². The summed E-state index contributed by atoms with van der Waals surface area (Å²) in [6.45, 7) is 10.7. The molecule has 132 valence electrons. The minimum atomic E-state index is -2.61. The molecule has 0 saturated heterocycles. The largest absolute Gasteiger partial charge is 0.529 e. The average Bonchev–Trinajstić information content (AvgIpc) is 2.55. The summed E-state index contributed by atoms with van der Waals surface area (Å²) >= 11 is 0. The third-order valence-corrected chi connectivity index (χ3v) is 5.78. The molecule has 0 aromatic carbocycles. The fourth-order valence-corrected chi connectivity index (χ4v) is 4.56. The molecule has 0 fully saturated rings. The van der Waals surface area contributed by atoms with Crippen LogP contribution in [0.1, 0.15) is 85.5 Å². The highest BCUT2D eigenvalue weighted by atomic mass is 28.4. The van der Waals surface area contributed by atoms with Gasteiger partial charge in [0.2, 0.25) is 0 Å². The van der Waals surface area contributed by atoms with Crippen LogP contribution in [0.25, 0.3) is 0 Å². The van der Waals surface area contributed by atoms with Crippen molar-refractivity contribution >= 4 is 8.80 Å². The molecule has 0 unspecified atom stereocenters. The minimum absolute atomic E-state index is 0.709. The van der Waals surface area contributed by atoms with Gasteiger partial charge in [0.1, 0.15) is 0 Å². The standard InChI is InChI=1S/C18H38O3Si/c1-5-9-10-11-12-13-14-18-22(19-15-6-2,20-16-7-3)21-17-8-4/h14,18H,5-13,15-17H2,1-4H3.